The van der Waals surface area contributed by atoms with E-state index in [2.05, 4.69) is 45.2 Å². The lowest BCUT2D eigenvalue weighted by Gasteiger charge is -2.32. The molecule has 0 radical (unpaired) electrons. The van der Waals surface area contributed by atoms with Gasteiger partial charge in [-0.3, -0.25) is 52.6 Å². The number of Topliss-reactive ketones (excluding diaryl/α,β-unsaturated/α-hetero) is 2. The van der Waals surface area contributed by atoms with Crippen molar-refractivity contribution in [3.63, 3.8) is 0 Å². The Morgan fingerprint density at radius 3 is 1.67 bits per heavy atom. The number of fused-ring (bicyclic) bond motifs is 2. The summed E-state index contributed by atoms with van der Waals surface area (Å²) in [5.41, 5.74) is -4.24. The number of β-amino-alcohol motifs (C(OH)–C–C–N with tert-alkyl or cyclic N) is 2. The number of carboxylic acid groups (broad SMARTS) is 1. The van der Waals surface area contributed by atoms with Crippen LogP contribution in [0.15, 0.2) is 50.1 Å². The van der Waals surface area contributed by atoms with Crippen LogP contribution in [-0.4, -0.2) is 201 Å². The zero-order chi connectivity index (χ0) is 82.8. The van der Waals surface area contributed by atoms with Crippen LogP contribution in [0, 0.1) is 75.9 Å². The van der Waals surface area contributed by atoms with E-state index in [9.17, 15) is 94.0 Å². The molecule has 8 aliphatic rings. The fraction of sp³-hybridized carbons (Fsp3) is 0.780. The Morgan fingerprint density at radius 2 is 1.18 bits per heavy atom. The minimum absolute atomic E-state index is 0. The van der Waals surface area contributed by atoms with Crippen molar-refractivity contribution in [2.24, 2.45) is 75.9 Å². The SMILES string of the molecule is C.C=CCCC(C)C[C@@H](C)[C@H](C)C(=O)N1C[C@H](O)C[C@H]1C(=O)O.C=CCCC(C)C[C@@H](C)[C@H](CC(=O)OC(C)(C)C)C(=O)N1C[C@H](O)C[C@H]1C(=O)C[C@]1(C(=O)NS(=O)(=O)C2(CF)CC2)C[C@H]1C=C.CC1CC/C=C\[C@@H]2C[C@@]2(C(=O)NS(=O)(=O)C2(CF)CC2)CC(=O)[C@@H]2C[C@@H](O)CN2C(=O)[C@@H](CC(=O)OC(C)(C)C)[C@H](C)C1. The molecule has 4 aliphatic carbocycles. The van der Waals surface area contributed by atoms with Gasteiger partial charge in [0.15, 0.2) is 11.6 Å². The predicted octanol–water partition coefficient (Wildman–Crippen LogP) is 10.2. The summed E-state index contributed by atoms with van der Waals surface area (Å²) in [6, 6.07) is -2.98. The number of carbonyl (C=O) groups is 10. The minimum atomic E-state index is -4.30. The fourth-order valence-corrected chi connectivity index (χ4v) is 19.3. The minimum Gasteiger partial charge on any atom is -0.480 e. The Morgan fingerprint density at radius 1 is 0.685 bits per heavy atom. The summed E-state index contributed by atoms with van der Waals surface area (Å²) in [6.45, 7) is 33.4. The highest BCUT2D eigenvalue weighted by atomic mass is 32.2. The van der Waals surface area contributed by atoms with Crippen molar-refractivity contribution < 1.29 is 103 Å². The van der Waals surface area contributed by atoms with Crippen molar-refractivity contribution in [3.8, 4) is 0 Å². The highest BCUT2D eigenvalue weighted by Gasteiger charge is 2.65. The monoisotopic (exact) mass is 1610 g/mol. The molecule has 5 amide bonds. The zero-order valence-corrected chi connectivity index (χ0v) is 68.8. The number of amides is 5. The van der Waals surface area contributed by atoms with E-state index in [0.29, 0.717) is 25.2 Å². The lowest BCUT2D eigenvalue weighted by atomic mass is 9.82. The van der Waals surface area contributed by atoms with Gasteiger partial charge >= 0.3 is 17.9 Å². The van der Waals surface area contributed by atoms with Crippen LogP contribution in [0.5, 0.6) is 0 Å². The van der Waals surface area contributed by atoms with Crippen LogP contribution in [0.2, 0.25) is 0 Å². The molecule has 4 aliphatic heterocycles. The summed E-state index contributed by atoms with van der Waals surface area (Å²) < 4.78 is 90.4. The second-order valence-corrected chi connectivity index (χ2v) is 39.9. The number of carboxylic acids is 1. The van der Waals surface area contributed by atoms with E-state index >= 15 is 0 Å². The van der Waals surface area contributed by atoms with Gasteiger partial charge < -0.3 is 44.6 Å². The van der Waals surface area contributed by atoms with E-state index in [1.165, 1.54) is 20.8 Å². The molecular weight excluding hydrogens is 1480 g/mol. The molecule has 19 atom stereocenters. The van der Waals surface area contributed by atoms with E-state index in [1.807, 2.05) is 56.7 Å². The molecule has 3 unspecified atom stereocenters. The molecule has 0 spiro atoms. The van der Waals surface area contributed by atoms with Crippen molar-refractivity contribution in [3.05, 3.63) is 50.1 Å². The fourth-order valence-electron chi connectivity index (χ4n) is 16.4. The van der Waals surface area contributed by atoms with Gasteiger partial charge in [-0.05, 0) is 185 Å². The summed E-state index contributed by atoms with van der Waals surface area (Å²) in [7, 11) is -8.58. The van der Waals surface area contributed by atoms with Crippen LogP contribution in [-0.2, 0) is 77.5 Å². The smallest absolute Gasteiger partial charge is 0.326 e. The van der Waals surface area contributed by atoms with Gasteiger partial charge in [-0.1, -0.05) is 86.3 Å². The molecule has 8 rings (SSSR count). The molecule has 4 saturated carbocycles. The quantitative estimate of drug-likeness (QED) is 0.0277. The number of likely N-dealkylation sites (tertiary alicyclic amines) is 2. The third-order valence-corrected chi connectivity index (χ3v) is 28.2. The Bertz CT molecular complexity index is 3630. The van der Waals surface area contributed by atoms with Crippen LogP contribution in [0.1, 0.15) is 239 Å². The first-order valence-corrected chi connectivity index (χ1v) is 42.5. The lowest BCUT2D eigenvalue weighted by molar-refractivity contribution is -0.160. The van der Waals surface area contributed by atoms with Gasteiger partial charge in [0.1, 0.15) is 40.1 Å². The number of carbonyl (C=O) groups excluding carboxylic acids is 9. The van der Waals surface area contributed by atoms with Crippen LogP contribution in [0.25, 0.3) is 0 Å². The average Bonchev–Trinajstić information content (AvgIpc) is 1.57. The summed E-state index contributed by atoms with van der Waals surface area (Å²) >= 11 is 0. The second-order valence-electron chi connectivity index (χ2n) is 35.8. The van der Waals surface area contributed by atoms with Crippen molar-refractivity contribution in [2.75, 3.05) is 33.0 Å². The number of allylic oxidation sites excluding steroid dienone is 5. The first kappa shape index (κ1) is 95.3. The molecular formula is C82H131F2N5O20S2. The van der Waals surface area contributed by atoms with Crippen LogP contribution in [0.3, 0.4) is 0 Å². The number of aliphatic carboxylic acids is 1. The molecule has 4 heterocycles. The molecule has 0 bridgehead atoms. The Balaban J connectivity index is 0.000000314. The topological polar surface area (TPSA) is 372 Å². The largest absolute Gasteiger partial charge is 0.480 e. The van der Waals surface area contributed by atoms with Crippen LogP contribution >= 0.6 is 0 Å². The molecule has 630 valence electrons. The molecule has 25 nitrogen and oxygen atoms in total. The molecule has 111 heavy (non-hydrogen) atoms. The number of ether oxygens (including phenoxy) is 2. The number of nitrogens with zero attached hydrogens (tertiary/aromatic N) is 3. The van der Waals surface area contributed by atoms with E-state index < -0.39 is 172 Å². The standard InChI is InChI=1S/C33H51FN2O8S.C31H47FN2O8S.C17H29NO4.CH4/c1-8-10-11-21(3)14-22(4)25(16-28(39)44-31(5,6)7)29(40)36-19-24(37)15-26(36)27(38)18-33(17-23(33)9-2)30(41)35-45(42,43)32(20-34)12-13-32;1-19-8-6-7-9-21-15-31(21,28(39)33-43(40,41)30(18-32)10-11-30)16-25(36)24-13-22(35)17-34(24)27(38)23(20(2)12-19)14-26(37)42-29(3,4)5;1-5-6-7-11(2)8-12(3)13(4)16(20)18-10-14(19)9-15(18)17(21)22;/h8-9,21-26,37H,1-2,10-20H2,3-7H3,(H,35,41);7,9,19-24,35H,6,8,10-18H2,1-5H3,(H,33,39);5,11-15,19H,1,6-10H2,2-4H3,(H,21,22);1H4/b;9-7-;;/t21?,22-,23-,24-,25+,26+,33-;19?,20-,21-,22-,23+,24+,31-;11?,12-,13+,14-,15+;/m111./s1. The van der Waals surface area contributed by atoms with E-state index in [-0.39, 0.29) is 158 Å². The van der Waals surface area contributed by atoms with Crippen molar-refractivity contribution in [1.29, 1.82) is 0 Å². The summed E-state index contributed by atoms with van der Waals surface area (Å²) in [5, 5.41) is 40.0. The number of sulfonamides is 2. The van der Waals surface area contributed by atoms with E-state index in [4.69, 9.17) is 9.47 Å². The van der Waals surface area contributed by atoms with Gasteiger partial charge in [0.05, 0.1) is 65.9 Å². The number of halogens is 2. The summed E-state index contributed by atoms with van der Waals surface area (Å²) in [6.07, 6.45) is 13.6. The maximum absolute atomic E-state index is 14.1. The molecule has 0 aromatic carbocycles. The second kappa shape index (κ2) is 38.9. The number of alkyl halides is 2. The maximum atomic E-state index is 14.1. The molecule has 6 N–H and O–H groups in total. The molecule has 0 aromatic heterocycles. The summed E-state index contributed by atoms with van der Waals surface area (Å²) in [5.74, 6) is -7.82. The van der Waals surface area contributed by atoms with Crippen molar-refractivity contribution in [2.45, 2.75) is 296 Å². The molecule has 3 saturated heterocycles. The molecule has 29 heteroatoms. The van der Waals surface area contributed by atoms with Crippen molar-refractivity contribution >= 4 is 79.1 Å². The van der Waals surface area contributed by atoms with Crippen LogP contribution in [0.4, 0.5) is 8.78 Å². The molecule has 0 aromatic rings. The number of nitrogens with one attached hydrogen (secondary N) is 2. The third kappa shape index (κ3) is 24.6. The van der Waals surface area contributed by atoms with E-state index in [0.717, 1.165) is 38.5 Å². The predicted molar refractivity (Wildman–Crippen MR) is 416 cm³/mol. The van der Waals surface area contributed by atoms with Crippen LogP contribution < -0.4 is 9.44 Å². The number of aliphatic hydroxyl groups is 3. The first-order valence-electron chi connectivity index (χ1n) is 39.5. The number of ketones is 2. The third-order valence-electron chi connectivity index (χ3n) is 24.0. The highest BCUT2D eigenvalue weighted by Crippen LogP contribution is 2.59. The normalized spacial score (nSPS) is 30.0. The number of rotatable bonds is 31. The number of esters is 2. The van der Waals surface area contributed by atoms with Gasteiger partial charge in [0, 0.05) is 57.7 Å². The average molecular weight is 1610 g/mol. The Labute approximate surface area is 658 Å². The number of hydrogen-bond donors (Lipinski definition) is 6. The molecule has 7 fully saturated rings. The Hall–Kier alpha value is -6.30. The van der Waals surface area contributed by atoms with Crippen molar-refractivity contribution in [1.82, 2.24) is 24.1 Å². The maximum Gasteiger partial charge on any atom is 0.326 e. The lowest BCUT2D eigenvalue weighted by Crippen LogP contribution is -2.48. The first-order chi connectivity index (χ1) is 51.1. The van der Waals surface area contributed by atoms with E-state index in [1.54, 1.807) is 41.5 Å². The zero-order valence-electron chi connectivity index (χ0n) is 67.1. The van der Waals surface area contributed by atoms with Gasteiger partial charge in [-0.15, -0.1) is 19.7 Å². The number of aliphatic hydroxyl groups excluding tert-OH is 3. The van der Waals surface area contributed by atoms with Gasteiger partial charge in [-0.2, -0.15) is 0 Å². The summed E-state index contributed by atoms with van der Waals surface area (Å²) in [4.78, 5) is 136. The van der Waals surface area contributed by atoms with Gasteiger partial charge in [0.25, 0.3) is 0 Å². The van der Waals surface area contributed by atoms with Gasteiger partial charge in [0.2, 0.25) is 49.6 Å². The number of hydrogen-bond acceptors (Lipinski definition) is 19. The van der Waals surface area contributed by atoms with Gasteiger partial charge in [-0.25, -0.2) is 30.4 Å². The highest BCUT2D eigenvalue weighted by molar-refractivity contribution is 7.92. The Kier molecular flexibility index (Phi) is 33.4.